The van der Waals surface area contributed by atoms with E-state index in [2.05, 4.69) is 62.1 Å². The van der Waals surface area contributed by atoms with Crippen molar-refractivity contribution in [3.05, 3.63) is 103 Å². The largest absolute Gasteiger partial charge is 0.507 e. The van der Waals surface area contributed by atoms with E-state index in [1.54, 1.807) is 20.7 Å². The van der Waals surface area contributed by atoms with Gasteiger partial charge in [0, 0.05) is 105 Å². The first-order valence-electron chi connectivity index (χ1n) is 14.7. The van der Waals surface area contributed by atoms with Crippen LogP contribution >= 0.6 is 56.1 Å². The van der Waals surface area contributed by atoms with Crippen LogP contribution in [-0.2, 0) is 26.2 Å². The minimum Gasteiger partial charge on any atom is -0.507 e. The third-order valence-electron chi connectivity index (χ3n) is 8.37. The summed E-state index contributed by atoms with van der Waals surface area (Å²) in [5.41, 5.74) is 5.74. The fourth-order valence-electron chi connectivity index (χ4n) is 5.90. The van der Waals surface area contributed by atoms with E-state index >= 15 is 0 Å². The van der Waals surface area contributed by atoms with Gasteiger partial charge >= 0.3 is 0 Å². The first-order chi connectivity index (χ1) is 20.9. The predicted octanol–water partition coefficient (Wildman–Crippen LogP) is 7.85. The van der Waals surface area contributed by atoms with Gasteiger partial charge in [0.1, 0.15) is 9.57 Å². The first kappa shape index (κ1) is 31.1. The molecule has 10 heteroatoms. The fraction of sp³-hybridized carbons (Fsp3) is 0.364. The van der Waals surface area contributed by atoms with Crippen LogP contribution in [0.2, 0.25) is 10.0 Å². The number of aromatic hydroxyl groups is 1. The molecule has 0 spiro atoms. The highest BCUT2D eigenvalue weighted by Crippen LogP contribution is 2.36. The van der Waals surface area contributed by atoms with Gasteiger partial charge in [-0.05, 0) is 59.2 Å². The second kappa shape index (κ2) is 14.5. The Morgan fingerprint density at radius 1 is 0.581 bits per heavy atom. The zero-order valence-electron chi connectivity index (χ0n) is 24.1. The number of hydrogen-bond donors (Lipinski definition) is 1. The molecule has 3 heterocycles. The van der Waals surface area contributed by atoms with Gasteiger partial charge in [-0.15, -0.1) is 0 Å². The maximum Gasteiger partial charge on any atom is 0.124 e. The zero-order valence-corrected chi connectivity index (χ0v) is 28.0. The lowest BCUT2D eigenvalue weighted by atomic mass is 10.0. The zero-order chi connectivity index (χ0) is 29.8. The van der Waals surface area contributed by atoms with Crippen molar-refractivity contribution >= 4 is 56.1 Å². The van der Waals surface area contributed by atoms with Crippen LogP contribution in [0.25, 0.3) is 10.4 Å². The SMILES string of the molecule is Oc1c(CN2CCN(Cc3ccc(Cl)cc3)CC2)cc(-c2cc(=S)ss2)cc1CN1CCN(Cc2ccc(Cl)cc2)CC1. The average molecular weight is 672 g/mol. The molecule has 0 bridgehead atoms. The van der Waals surface area contributed by atoms with Crippen LogP contribution in [0.15, 0.2) is 66.7 Å². The summed E-state index contributed by atoms with van der Waals surface area (Å²) in [6, 6.07) is 22.7. The van der Waals surface area contributed by atoms with Crippen molar-refractivity contribution in [3.63, 3.8) is 0 Å². The van der Waals surface area contributed by atoms with E-state index in [1.165, 1.54) is 16.0 Å². The Hall–Kier alpha value is -1.85. The van der Waals surface area contributed by atoms with Gasteiger partial charge in [0.05, 0.1) is 0 Å². The van der Waals surface area contributed by atoms with Crippen molar-refractivity contribution < 1.29 is 5.11 Å². The van der Waals surface area contributed by atoms with Crippen molar-refractivity contribution in [1.29, 1.82) is 0 Å². The van der Waals surface area contributed by atoms with Crippen LogP contribution in [0.5, 0.6) is 5.75 Å². The summed E-state index contributed by atoms with van der Waals surface area (Å²) >= 11 is 17.6. The minimum absolute atomic E-state index is 0.440. The summed E-state index contributed by atoms with van der Waals surface area (Å²) in [5.74, 6) is 0.440. The molecule has 0 unspecified atom stereocenters. The number of rotatable bonds is 9. The third-order valence-corrected chi connectivity index (χ3v) is 11.8. The minimum atomic E-state index is 0.440. The van der Waals surface area contributed by atoms with Crippen LogP contribution in [0, 0.1) is 3.82 Å². The molecule has 0 atom stereocenters. The Bertz CT molecular complexity index is 1470. The second-order valence-electron chi connectivity index (χ2n) is 11.5. The lowest BCUT2D eigenvalue weighted by Gasteiger charge is -2.36. The molecule has 2 aliphatic rings. The van der Waals surface area contributed by atoms with Gasteiger partial charge in [-0.3, -0.25) is 19.6 Å². The van der Waals surface area contributed by atoms with E-state index in [-0.39, 0.29) is 0 Å². The molecule has 3 aromatic carbocycles. The monoisotopic (exact) mass is 670 g/mol. The number of piperazine rings is 2. The molecule has 4 aromatic rings. The van der Waals surface area contributed by atoms with Crippen LogP contribution in [-0.4, -0.2) is 77.1 Å². The molecule has 2 aliphatic heterocycles. The number of halogens is 2. The van der Waals surface area contributed by atoms with E-state index in [1.807, 2.05) is 24.3 Å². The number of hydrogen-bond acceptors (Lipinski definition) is 8. The van der Waals surface area contributed by atoms with E-state index in [4.69, 9.17) is 35.4 Å². The molecule has 226 valence electrons. The lowest BCUT2D eigenvalue weighted by molar-refractivity contribution is 0.119. The van der Waals surface area contributed by atoms with E-state index in [9.17, 15) is 5.11 Å². The molecule has 0 amide bonds. The number of phenolic OH excluding ortho intramolecular Hbond substituents is 1. The Morgan fingerprint density at radius 3 is 1.35 bits per heavy atom. The molecule has 6 rings (SSSR count). The number of benzene rings is 3. The van der Waals surface area contributed by atoms with Gasteiger partial charge < -0.3 is 5.11 Å². The molecule has 1 aromatic heterocycles. The highest BCUT2D eigenvalue weighted by Gasteiger charge is 2.23. The predicted molar refractivity (Wildman–Crippen MR) is 184 cm³/mol. The molecule has 0 aliphatic carbocycles. The van der Waals surface area contributed by atoms with Gasteiger partial charge in [0.2, 0.25) is 0 Å². The fourth-order valence-corrected chi connectivity index (χ4v) is 8.54. The Morgan fingerprint density at radius 2 is 0.977 bits per heavy atom. The maximum atomic E-state index is 11.6. The standard InChI is InChI=1S/C33H36Cl2N4OS3/c34-29-5-1-24(2-6-29)20-36-9-13-38(14-10-36)22-27-17-26(31-19-32(41)43-42-31)18-28(33(27)40)23-39-15-11-37(12-16-39)21-25-3-7-30(35)8-4-25/h1-8,17-19,40H,9-16,20-23H2. The molecule has 2 fully saturated rings. The normalized spacial score (nSPS) is 17.4. The van der Waals surface area contributed by atoms with Crippen molar-refractivity contribution in [2.24, 2.45) is 0 Å². The smallest absolute Gasteiger partial charge is 0.124 e. The first-order valence-corrected chi connectivity index (χ1v) is 18.0. The average Bonchev–Trinajstić information content (AvgIpc) is 3.45. The van der Waals surface area contributed by atoms with Crippen molar-refractivity contribution in [2.75, 3.05) is 52.4 Å². The quantitative estimate of drug-likeness (QED) is 0.144. The summed E-state index contributed by atoms with van der Waals surface area (Å²) in [4.78, 5) is 11.1. The van der Waals surface area contributed by atoms with E-state index < -0.39 is 0 Å². The molecule has 43 heavy (non-hydrogen) atoms. The molecular formula is C33H36Cl2N4OS3. The van der Waals surface area contributed by atoms with Crippen LogP contribution < -0.4 is 0 Å². The van der Waals surface area contributed by atoms with Crippen molar-refractivity contribution in [3.8, 4) is 16.2 Å². The summed E-state index contributed by atoms with van der Waals surface area (Å²) < 4.78 is 0.907. The van der Waals surface area contributed by atoms with E-state index in [0.717, 1.165) is 109 Å². The van der Waals surface area contributed by atoms with Gasteiger partial charge in [-0.1, -0.05) is 80.4 Å². The summed E-state index contributed by atoms with van der Waals surface area (Å²) in [7, 11) is 3.36. The van der Waals surface area contributed by atoms with Crippen LogP contribution in [0.3, 0.4) is 0 Å². The van der Waals surface area contributed by atoms with Crippen molar-refractivity contribution in [1.82, 2.24) is 19.6 Å². The Balaban J connectivity index is 1.11. The number of phenols is 1. The van der Waals surface area contributed by atoms with Crippen LogP contribution in [0.4, 0.5) is 0 Å². The van der Waals surface area contributed by atoms with Crippen LogP contribution in [0.1, 0.15) is 22.3 Å². The lowest BCUT2D eigenvalue weighted by Crippen LogP contribution is -2.45. The third kappa shape index (κ3) is 8.45. The molecule has 2 saturated heterocycles. The summed E-state index contributed by atoms with van der Waals surface area (Å²) in [6.07, 6.45) is 0. The molecule has 1 N–H and O–H groups in total. The van der Waals surface area contributed by atoms with Gasteiger partial charge in [-0.2, -0.15) is 0 Å². The second-order valence-corrected chi connectivity index (χ2v) is 15.3. The summed E-state index contributed by atoms with van der Waals surface area (Å²) in [5, 5.41) is 13.1. The summed E-state index contributed by atoms with van der Waals surface area (Å²) in [6.45, 7) is 11.3. The highest BCUT2D eigenvalue weighted by atomic mass is 35.5. The molecular weight excluding hydrogens is 635 g/mol. The van der Waals surface area contributed by atoms with Gasteiger partial charge in [-0.25, -0.2) is 0 Å². The Labute approximate surface area is 276 Å². The van der Waals surface area contributed by atoms with Gasteiger partial charge in [0.15, 0.2) is 0 Å². The van der Waals surface area contributed by atoms with E-state index in [0.29, 0.717) is 5.75 Å². The maximum absolute atomic E-state index is 11.6. The van der Waals surface area contributed by atoms with Crippen molar-refractivity contribution in [2.45, 2.75) is 26.2 Å². The highest BCUT2D eigenvalue weighted by molar-refractivity contribution is 7.80. The van der Waals surface area contributed by atoms with Gasteiger partial charge in [0.25, 0.3) is 0 Å². The molecule has 0 radical (unpaired) electrons. The molecule has 0 saturated carbocycles. The molecule has 5 nitrogen and oxygen atoms in total. The Kier molecular flexibility index (Phi) is 10.5. The number of nitrogens with zero attached hydrogens (tertiary/aromatic N) is 4. The topological polar surface area (TPSA) is 33.2 Å².